The molecule has 2 aromatic rings. The van der Waals surface area contributed by atoms with Crippen molar-refractivity contribution in [1.29, 1.82) is 0 Å². The number of aromatic nitrogens is 1. The normalized spacial score (nSPS) is 10.2. The number of carbonyl (C=O) groups excluding carboxylic acids is 3. The van der Waals surface area contributed by atoms with Crippen LogP contribution in [-0.2, 0) is 14.3 Å². The third-order valence-corrected chi connectivity index (χ3v) is 3.80. The molecule has 2 N–H and O–H groups in total. The van der Waals surface area contributed by atoms with E-state index in [1.165, 1.54) is 24.3 Å². The van der Waals surface area contributed by atoms with Gasteiger partial charge in [-0.25, -0.2) is 9.59 Å². The van der Waals surface area contributed by atoms with Gasteiger partial charge in [-0.2, -0.15) is 0 Å². The van der Waals surface area contributed by atoms with Gasteiger partial charge in [-0.15, -0.1) is 0 Å². The van der Waals surface area contributed by atoms with Gasteiger partial charge in [0.25, 0.3) is 11.6 Å². The number of amides is 1. The first-order chi connectivity index (χ1) is 13.2. The Morgan fingerprint density at radius 2 is 1.89 bits per heavy atom. The number of nitro benzene ring substituents is 1. The molecule has 1 aromatic heterocycles. The summed E-state index contributed by atoms with van der Waals surface area (Å²) in [5.41, 5.74) is 1.12. The Kier molecular flexibility index (Phi) is 6.48. The Hall–Kier alpha value is -3.69. The molecule has 0 atom stereocenters. The third-order valence-electron chi connectivity index (χ3n) is 3.80. The Morgan fingerprint density at radius 3 is 2.54 bits per heavy atom. The van der Waals surface area contributed by atoms with Crippen LogP contribution in [0.15, 0.2) is 24.3 Å². The van der Waals surface area contributed by atoms with E-state index in [9.17, 15) is 24.5 Å². The lowest BCUT2D eigenvalue weighted by atomic mass is 10.1. The molecule has 0 radical (unpaired) electrons. The van der Waals surface area contributed by atoms with Crippen LogP contribution in [0.1, 0.15) is 39.0 Å². The van der Waals surface area contributed by atoms with Gasteiger partial charge in [0, 0.05) is 23.5 Å². The van der Waals surface area contributed by atoms with Crippen LogP contribution >= 0.6 is 0 Å². The summed E-state index contributed by atoms with van der Waals surface area (Å²) < 4.78 is 9.91. The van der Waals surface area contributed by atoms with E-state index in [4.69, 9.17) is 9.47 Å². The highest BCUT2D eigenvalue weighted by atomic mass is 16.6. The second-order valence-electron chi connectivity index (χ2n) is 5.78. The van der Waals surface area contributed by atoms with Crippen LogP contribution in [-0.4, -0.2) is 41.0 Å². The van der Waals surface area contributed by atoms with Crippen LogP contribution in [0.4, 0.5) is 11.4 Å². The number of hydrogen-bond acceptors (Lipinski definition) is 7. The number of hydrogen-bond donors (Lipinski definition) is 2. The molecule has 1 aromatic carbocycles. The minimum Gasteiger partial charge on any atom is -0.462 e. The number of anilines is 1. The Morgan fingerprint density at radius 1 is 1.18 bits per heavy atom. The molecule has 1 heterocycles. The van der Waals surface area contributed by atoms with Crippen molar-refractivity contribution in [3.05, 3.63) is 56.9 Å². The minimum absolute atomic E-state index is 0.0451. The van der Waals surface area contributed by atoms with Crippen molar-refractivity contribution in [1.82, 2.24) is 4.98 Å². The second kappa shape index (κ2) is 8.80. The molecule has 0 bridgehead atoms. The maximum absolute atomic E-state index is 12.2. The zero-order chi connectivity index (χ0) is 20.8. The fourth-order valence-corrected chi connectivity index (χ4v) is 2.56. The van der Waals surface area contributed by atoms with Crippen LogP contribution in [0.3, 0.4) is 0 Å². The predicted molar refractivity (Wildman–Crippen MR) is 98.2 cm³/mol. The Labute approximate surface area is 160 Å². The zero-order valence-corrected chi connectivity index (χ0v) is 15.5. The maximum Gasteiger partial charge on any atom is 0.355 e. The molecule has 0 aliphatic heterocycles. The Balaban J connectivity index is 2.01. The van der Waals surface area contributed by atoms with Gasteiger partial charge in [0.15, 0.2) is 6.61 Å². The predicted octanol–water partition coefficient (Wildman–Crippen LogP) is 2.51. The highest BCUT2D eigenvalue weighted by Crippen LogP contribution is 2.20. The summed E-state index contributed by atoms with van der Waals surface area (Å²) in [6.07, 6.45) is 0. The number of ether oxygens (including phenoxy) is 2. The van der Waals surface area contributed by atoms with Gasteiger partial charge >= 0.3 is 11.9 Å². The van der Waals surface area contributed by atoms with E-state index in [1.54, 1.807) is 20.8 Å². The highest BCUT2D eigenvalue weighted by molar-refractivity contribution is 5.99. The van der Waals surface area contributed by atoms with E-state index < -0.39 is 29.4 Å². The number of nitrogens with one attached hydrogen (secondary N) is 2. The number of carbonyl (C=O) groups is 3. The molecule has 0 spiro atoms. The van der Waals surface area contributed by atoms with Crippen molar-refractivity contribution < 1.29 is 28.8 Å². The quantitative estimate of drug-likeness (QED) is 0.421. The molecule has 0 saturated carbocycles. The average Bonchev–Trinajstić information content (AvgIpc) is 2.94. The minimum atomic E-state index is -0.814. The summed E-state index contributed by atoms with van der Waals surface area (Å²) in [5.74, 6) is -2.04. The van der Waals surface area contributed by atoms with E-state index in [0.717, 1.165) is 0 Å². The first-order valence-electron chi connectivity index (χ1n) is 8.32. The van der Waals surface area contributed by atoms with Gasteiger partial charge in [-0.1, -0.05) is 6.07 Å². The molecule has 28 heavy (non-hydrogen) atoms. The molecule has 0 saturated heterocycles. The molecule has 148 valence electrons. The average molecular weight is 389 g/mol. The number of H-pyrrole nitrogens is 1. The molecular weight excluding hydrogens is 370 g/mol. The van der Waals surface area contributed by atoms with Gasteiger partial charge in [-0.3, -0.25) is 14.9 Å². The van der Waals surface area contributed by atoms with Gasteiger partial charge in [0.1, 0.15) is 5.69 Å². The third kappa shape index (κ3) is 4.72. The van der Waals surface area contributed by atoms with Crippen LogP contribution in [0.2, 0.25) is 0 Å². The van der Waals surface area contributed by atoms with Gasteiger partial charge < -0.3 is 19.8 Å². The van der Waals surface area contributed by atoms with E-state index in [0.29, 0.717) is 11.3 Å². The topological polar surface area (TPSA) is 141 Å². The highest BCUT2D eigenvalue weighted by Gasteiger charge is 2.24. The van der Waals surface area contributed by atoms with Crippen LogP contribution in [0.5, 0.6) is 0 Å². The molecular formula is C18H19N3O7. The fraction of sp³-hybridized carbons (Fsp3) is 0.278. The molecule has 2 rings (SSSR count). The van der Waals surface area contributed by atoms with Crippen molar-refractivity contribution in [2.75, 3.05) is 18.5 Å². The van der Waals surface area contributed by atoms with Crippen LogP contribution < -0.4 is 5.32 Å². The fourth-order valence-electron chi connectivity index (χ4n) is 2.56. The van der Waals surface area contributed by atoms with Crippen molar-refractivity contribution in [2.45, 2.75) is 20.8 Å². The van der Waals surface area contributed by atoms with E-state index in [2.05, 4.69) is 10.3 Å². The van der Waals surface area contributed by atoms with Crippen molar-refractivity contribution >= 4 is 29.2 Å². The summed E-state index contributed by atoms with van der Waals surface area (Å²) >= 11 is 0. The first kappa shape index (κ1) is 20.6. The zero-order valence-electron chi connectivity index (χ0n) is 15.5. The molecule has 0 aliphatic rings. The number of nitro groups is 1. The lowest BCUT2D eigenvalue weighted by molar-refractivity contribution is -0.384. The number of aryl methyl sites for hydroxylation is 1. The van der Waals surface area contributed by atoms with Crippen molar-refractivity contribution in [3.63, 3.8) is 0 Å². The smallest absolute Gasteiger partial charge is 0.355 e. The first-order valence-corrected chi connectivity index (χ1v) is 8.32. The largest absolute Gasteiger partial charge is 0.462 e. The number of rotatable bonds is 7. The SMILES string of the molecule is CCOC(=O)c1c(C)[nH]c(C(=O)OCC(=O)Nc2cccc([N+](=O)[O-])c2)c1C. The standard InChI is InChI=1S/C18H19N3O7/c1-4-27-17(23)15-10(2)16(19-11(15)3)18(24)28-9-14(22)20-12-6-5-7-13(8-12)21(25)26/h5-8,19H,4,9H2,1-3H3,(H,20,22). The molecule has 10 heteroatoms. The second-order valence-corrected chi connectivity index (χ2v) is 5.78. The van der Waals surface area contributed by atoms with Gasteiger partial charge in [0.2, 0.25) is 0 Å². The van der Waals surface area contributed by atoms with E-state index in [-0.39, 0.29) is 29.2 Å². The molecule has 1 amide bonds. The Bertz CT molecular complexity index is 933. The molecule has 0 fully saturated rings. The summed E-state index contributed by atoms with van der Waals surface area (Å²) in [5, 5.41) is 13.2. The number of aromatic amines is 1. The van der Waals surface area contributed by atoms with E-state index >= 15 is 0 Å². The number of non-ortho nitro benzene ring substituents is 1. The maximum atomic E-state index is 12.2. The summed E-state index contributed by atoms with van der Waals surface area (Å²) in [7, 11) is 0. The summed E-state index contributed by atoms with van der Waals surface area (Å²) in [6.45, 7) is 4.44. The van der Waals surface area contributed by atoms with Crippen molar-refractivity contribution in [3.8, 4) is 0 Å². The lowest BCUT2D eigenvalue weighted by Crippen LogP contribution is -2.21. The van der Waals surface area contributed by atoms with Crippen LogP contribution in [0.25, 0.3) is 0 Å². The summed E-state index contributed by atoms with van der Waals surface area (Å²) in [4.78, 5) is 49.1. The number of benzene rings is 1. The number of esters is 2. The monoisotopic (exact) mass is 389 g/mol. The molecule has 0 aliphatic carbocycles. The van der Waals surface area contributed by atoms with E-state index in [1.807, 2.05) is 0 Å². The molecule has 10 nitrogen and oxygen atoms in total. The van der Waals surface area contributed by atoms with Crippen molar-refractivity contribution in [2.24, 2.45) is 0 Å². The number of nitrogens with zero attached hydrogens (tertiary/aromatic N) is 1. The lowest BCUT2D eigenvalue weighted by Gasteiger charge is -2.06. The molecule has 0 unspecified atom stereocenters. The van der Waals surface area contributed by atoms with Crippen LogP contribution in [0, 0.1) is 24.0 Å². The van der Waals surface area contributed by atoms with Gasteiger partial charge in [-0.05, 0) is 32.4 Å². The van der Waals surface area contributed by atoms with Gasteiger partial charge in [0.05, 0.1) is 17.1 Å². The summed E-state index contributed by atoms with van der Waals surface area (Å²) in [6, 6.07) is 5.36.